The number of benzene rings is 1. The van der Waals surface area contributed by atoms with Crippen LogP contribution in [0.15, 0.2) is 39.4 Å². The Morgan fingerprint density at radius 2 is 2.12 bits per heavy atom. The summed E-state index contributed by atoms with van der Waals surface area (Å²) in [5.41, 5.74) is 6.18. The van der Waals surface area contributed by atoms with Crippen LogP contribution in [0.2, 0.25) is 5.02 Å². The Morgan fingerprint density at radius 1 is 1.38 bits per heavy atom. The van der Waals surface area contributed by atoms with E-state index in [1.807, 2.05) is 0 Å². The molecule has 2 N–H and O–H groups in total. The number of hydrogen-bond acceptors (Lipinski definition) is 2. The maximum absolute atomic E-state index is 13.8. The van der Waals surface area contributed by atoms with Crippen molar-refractivity contribution in [3.8, 4) is 0 Å². The number of halogens is 3. The molecule has 0 aliphatic carbocycles. The van der Waals surface area contributed by atoms with Gasteiger partial charge in [-0.3, -0.25) is 0 Å². The Labute approximate surface area is 105 Å². The third-order valence-corrected chi connectivity index (χ3v) is 3.51. The first kappa shape index (κ1) is 11.6. The zero-order valence-electron chi connectivity index (χ0n) is 8.08. The van der Waals surface area contributed by atoms with E-state index in [2.05, 4.69) is 15.9 Å². The third-order valence-electron chi connectivity index (χ3n) is 2.25. The van der Waals surface area contributed by atoms with Crippen molar-refractivity contribution in [3.05, 3.63) is 57.2 Å². The van der Waals surface area contributed by atoms with Gasteiger partial charge in [-0.2, -0.15) is 0 Å². The van der Waals surface area contributed by atoms with Gasteiger partial charge in [-0.05, 0) is 34.1 Å². The van der Waals surface area contributed by atoms with E-state index in [0.29, 0.717) is 15.8 Å². The summed E-state index contributed by atoms with van der Waals surface area (Å²) in [6, 6.07) is 5.98. The fourth-order valence-electron chi connectivity index (χ4n) is 1.40. The lowest BCUT2D eigenvalue weighted by molar-refractivity contribution is 0.480. The van der Waals surface area contributed by atoms with Gasteiger partial charge in [-0.25, -0.2) is 4.39 Å². The lowest BCUT2D eigenvalue weighted by Gasteiger charge is -2.11. The summed E-state index contributed by atoms with van der Waals surface area (Å²) in [5.74, 6) is -0.0303. The standard InChI is InChI=1S/C11H8BrClFNO/c12-7-4-3-6(10(14)9(7)13)11(15)8-2-1-5-16-8/h1-5,11H,15H2. The first-order valence-corrected chi connectivity index (χ1v) is 5.70. The molecule has 0 saturated heterocycles. The third kappa shape index (κ3) is 2.00. The summed E-state index contributed by atoms with van der Waals surface area (Å²) >= 11 is 8.92. The van der Waals surface area contributed by atoms with E-state index in [9.17, 15) is 4.39 Å². The molecule has 0 aliphatic rings. The van der Waals surface area contributed by atoms with Crippen LogP contribution in [-0.2, 0) is 0 Å². The summed E-state index contributed by atoms with van der Waals surface area (Å²) in [6.45, 7) is 0. The minimum atomic E-state index is -0.652. The fraction of sp³-hybridized carbons (Fsp3) is 0.0909. The molecule has 0 amide bonds. The fourth-order valence-corrected chi connectivity index (χ4v) is 1.88. The van der Waals surface area contributed by atoms with Crippen LogP contribution in [0.25, 0.3) is 0 Å². The van der Waals surface area contributed by atoms with E-state index in [0.717, 1.165) is 0 Å². The zero-order chi connectivity index (χ0) is 11.7. The number of hydrogen-bond donors (Lipinski definition) is 1. The largest absolute Gasteiger partial charge is 0.467 e. The second-order valence-electron chi connectivity index (χ2n) is 3.26. The lowest BCUT2D eigenvalue weighted by Crippen LogP contribution is -2.13. The summed E-state index contributed by atoms with van der Waals surface area (Å²) in [4.78, 5) is 0. The maximum atomic E-state index is 13.8. The second kappa shape index (κ2) is 4.57. The molecule has 1 aromatic carbocycles. The maximum Gasteiger partial charge on any atom is 0.148 e. The van der Waals surface area contributed by atoms with E-state index in [1.54, 1.807) is 24.3 Å². The quantitative estimate of drug-likeness (QED) is 0.855. The summed E-state index contributed by atoms with van der Waals surface area (Å²) < 4.78 is 19.5. The van der Waals surface area contributed by atoms with Crippen molar-refractivity contribution in [2.45, 2.75) is 6.04 Å². The van der Waals surface area contributed by atoms with Gasteiger partial charge in [-0.1, -0.05) is 17.7 Å². The van der Waals surface area contributed by atoms with Gasteiger partial charge in [0.05, 0.1) is 17.3 Å². The summed E-state index contributed by atoms with van der Waals surface area (Å²) in [7, 11) is 0. The SMILES string of the molecule is NC(c1ccco1)c1ccc(Br)c(Cl)c1F. The second-order valence-corrected chi connectivity index (χ2v) is 4.49. The van der Waals surface area contributed by atoms with Crippen LogP contribution in [0.5, 0.6) is 0 Å². The molecule has 2 aromatic rings. The highest BCUT2D eigenvalue weighted by molar-refractivity contribution is 9.10. The predicted molar refractivity (Wildman–Crippen MR) is 63.8 cm³/mol. The van der Waals surface area contributed by atoms with Crippen molar-refractivity contribution < 1.29 is 8.81 Å². The van der Waals surface area contributed by atoms with E-state index in [-0.39, 0.29) is 5.02 Å². The molecule has 0 radical (unpaired) electrons. The van der Waals surface area contributed by atoms with Crippen molar-refractivity contribution in [1.82, 2.24) is 0 Å². The first-order valence-electron chi connectivity index (χ1n) is 4.53. The van der Waals surface area contributed by atoms with E-state index in [4.69, 9.17) is 21.8 Å². The highest BCUT2D eigenvalue weighted by Crippen LogP contribution is 2.31. The molecule has 5 heteroatoms. The van der Waals surface area contributed by atoms with Crippen LogP contribution in [0.1, 0.15) is 17.4 Å². The average Bonchev–Trinajstić information content (AvgIpc) is 2.79. The molecule has 0 bridgehead atoms. The van der Waals surface area contributed by atoms with E-state index < -0.39 is 11.9 Å². The molecule has 1 unspecified atom stereocenters. The molecule has 16 heavy (non-hydrogen) atoms. The Kier molecular flexibility index (Phi) is 3.33. The molecule has 0 saturated carbocycles. The molecular formula is C11H8BrClFNO. The predicted octanol–water partition coefficient (Wildman–Crippen LogP) is 3.88. The molecule has 2 rings (SSSR count). The molecule has 84 valence electrons. The molecule has 0 aliphatic heterocycles. The van der Waals surface area contributed by atoms with Crippen molar-refractivity contribution in [3.63, 3.8) is 0 Å². The summed E-state index contributed by atoms with van der Waals surface area (Å²) in [5, 5.41) is 0.0273. The van der Waals surface area contributed by atoms with Crippen LogP contribution >= 0.6 is 27.5 Å². The van der Waals surface area contributed by atoms with Crippen LogP contribution in [-0.4, -0.2) is 0 Å². The highest BCUT2D eigenvalue weighted by atomic mass is 79.9. The Balaban J connectivity index is 2.45. The van der Waals surface area contributed by atoms with Crippen molar-refractivity contribution >= 4 is 27.5 Å². The van der Waals surface area contributed by atoms with Gasteiger partial charge in [0.25, 0.3) is 0 Å². The minimum Gasteiger partial charge on any atom is -0.467 e. The van der Waals surface area contributed by atoms with Gasteiger partial charge in [0, 0.05) is 10.0 Å². The highest BCUT2D eigenvalue weighted by Gasteiger charge is 2.19. The lowest BCUT2D eigenvalue weighted by atomic mass is 10.1. The van der Waals surface area contributed by atoms with Crippen LogP contribution < -0.4 is 5.73 Å². The topological polar surface area (TPSA) is 39.2 Å². The van der Waals surface area contributed by atoms with Gasteiger partial charge < -0.3 is 10.2 Å². The van der Waals surface area contributed by atoms with Gasteiger partial charge >= 0.3 is 0 Å². The van der Waals surface area contributed by atoms with Crippen molar-refractivity contribution in [2.75, 3.05) is 0 Å². The summed E-state index contributed by atoms with van der Waals surface area (Å²) in [6.07, 6.45) is 1.49. The Bertz CT molecular complexity index is 501. The Hall–Kier alpha value is -0.840. The number of nitrogens with two attached hydrogens (primary N) is 1. The van der Waals surface area contributed by atoms with Crippen LogP contribution in [0, 0.1) is 5.82 Å². The normalized spacial score (nSPS) is 12.8. The molecule has 1 atom stereocenters. The van der Waals surface area contributed by atoms with Crippen molar-refractivity contribution in [1.29, 1.82) is 0 Å². The molecule has 0 spiro atoms. The average molecular weight is 305 g/mol. The van der Waals surface area contributed by atoms with Gasteiger partial charge in [0.2, 0.25) is 0 Å². The molecule has 0 fully saturated rings. The zero-order valence-corrected chi connectivity index (χ0v) is 10.4. The van der Waals surface area contributed by atoms with Crippen LogP contribution in [0.3, 0.4) is 0 Å². The van der Waals surface area contributed by atoms with Gasteiger partial charge in [0.15, 0.2) is 0 Å². The molecular weight excluding hydrogens is 296 g/mol. The monoisotopic (exact) mass is 303 g/mol. The van der Waals surface area contributed by atoms with Crippen LogP contribution in [0.4, 0.5) is 4.39 Å². The molecule has 1 heterocycles. The Morgan fingerprint density at radius 3 is 2.75 bits per heavy atom. The number of furan rings is 1. The molecule has 2 nitrogen and oxygen atoms in total. The first-order chi connectivity index (χ1) is 7.61. The van der Waals surface area contributed by atoms with Crippen molar-refractivity contribution in [2.24, 2.45) is 5.73 Å². The van der Waals surface area contributed by atoms with Gasteiger partial charge in [-0.15, -0.1) is 0 Å². The smallest absolute Gasteiger partial charge is 0.148 e. The van der Waals surface area contributed by atoms with E-state index in [1.165, 1.54) is 6.26 Å². The van der Waals surface area contributed by atoms with Gasteiger partial charge in [0.1, 0.15) is 11.6 Å². The number of rotatable bonds is 2. The van der Waals surface area contributed by atoms with E-state index >= 15 is 0 Å². The minimum absolute atomic E-state index is 0.0273. The molecule has 1 aromatic heterocycles.